The lowest BCUT2D eigenvalue weighted by Gasteiger charge is -2.14. The van der Waals surface area contributed by atoms with E-state index in [2.05, 4.69) is 26.0 Å². The second-order valence-corrected chi connectivity index (χ2v) is 7.43. The summed E-state index contributed by atoms with van der Waals surface area (Å²) in [5.41, 5.74) is 0.465. The molecule has 134 valence electrons. The van der Waals surface area contributed by atoms with Crippen LogP contribution >= 0.6 is 15.9 Å². The number of amides is 1. The summed E-state index contributed by atoms with van der Waals surface area (Å²) in [6.45, 7) is 0. The topological polar surface area (TPSA) is 93.7 Å². The van der Waals surface area contributed by atoms with E-state index in [-0.39, 0.29) is 16.5 Å². The number of hydrogen-bond donors (Lipinski definition) is 2. The minimum absolute atomic E-state index is 0.0348. The van der Waals surface area contributed by atoms with Gasteiger partial charge in [0, 0.05) is 12.6 Å². The van der Waals surface area contributed by atoms with E-state index >= 15 is 0 Å². The van der Waals surface area contributed by atoms with Gasteiger partial charge in [0.1, 0.15) is 11.5 Å². The Morgan fingerprint density at radius 1 is 1.04 bits per heavy atom. The summed E-state index contributed by atoms with van der Waals surface area (Å²) in [5, 5.41) is 2.48. The number of rotatable bonds is 6. The maximum absolute atomic E-state index is 12.6. The van der Waals surface area contributed by atoms with Gasteiger partial charge in [0.2, 0.25) is 0 Å². The van der Waals surface area contributed by atoms with E-state index < -0.39 is 10.0 Å². The van der Waals surface area contributed by atoms with Crippen molar-refractivity contribution in [1.82, 2.24) is 5.32 Å². The van der Waals surface area contributed by atoms with Gasteiger partial charge in [0.05, 0.1) is 29.3 Å². The highest BCUT2D eigenvalue weighted by Gasteiger charge is 2.19. The Kier molecular flexibility index (Phi) is 5.91. The predicted molar refractivity (Wildman–Crippen MR) is 97.9 cm³/mol. The molecule has 1 amide bonds. The highest BCUT2D eigenvalue weighted by atomic mass is 79.9. The summed E-state index contributed by atoms with van der Waals surface area (Å²) in [4.78, 5) is 11.8. The van der Waals surface area contributed by atoms with E-state index in [1.54, 1.807) is 6.07 Å². The van der Waals surface area contributed by atoms with Gasteiger partial charge in [0.25, 0.3) is 15.9 Å². The fourth-order valence-corrected chi connectivity index (χ4v) is 3.87. The first-order valence-corrected chi connectivity index (χ1v) is 9.36. The maximum Gasteiger partial charge on any atom is 0.262 e. The Balaban J connectivity index is 2.43. The van der Waals surface area contributed by atoms with Crippen molar-refractivity contribution < 1.29 is 22.7 Å². The van der Waals surface area contributed by atoms with Crippen molar-refractivity contribution in [1.29, 1.82) is 0 Å². The van der Waals surface area contributed by atoms with Gasteiger partial charge < -0.3 is 14.8 Å². The zero-order valence-electron chi connectivity index (χ0n) is 13.8. The Labute approximate surface area is 154 Å². The smallest absolute Gasteiger partial charge is 0.262 e. The van der Waals surface area contributed by atoms with Crippen LogP contribution in [0.3, 0.4) is 0 Å². The number of carbonyl (C=O) groups is 1. The van der Waals surface area contributed by atoms with Crippen LogP contribution in [0.25, 0.3) is 0 Å². The molecular formula is C16H17BrN2O5S. The van der Waals surface area contributed by atoms with Crippen LogP contribution in [0, 0.1) is 0 Å². The summed E-state index contributed by atoms with van der Waals surface area (Å²) in [6, 6.07) is 8.85. The molecule has 0 aromatic heterocycles. The number of benzene rings is 2. The molecule has 0 saturated carbocycles. The molecule has 0 radical (unpaired) electrons. The van der Waals surface area contributed by atoms with Crippen molar-refractivity contribution in [2.45, 2.75) is 4.90 Å². The number of anilines is 1. The highest BCUT2D eigenvalue weighted by Crippen LogP contribution is 2.31. The third-order valence-electron chi connectivity index (χ3n) is 3.37. The van der Waals surface area contributed by atoms with Crippen molar-refractivity contribution in [2.24, 2.45) is 0 Å². The molecule has 0 saturated heterocycles. The Hall–Kier alpha value is -2.26. The molecule has 0 aliphatic carbocycles. The Morgan fingerprint density at radius 3 is 2.24 bits per heavy atom. The number of carbonyl (C=O) groups excluding carboxylic acids is 1. The van der Waals surface area contributed by atoms with E-state index in [0.29, 0.717) is 21.5 Å². The van der Waals surface area contributed by atoms with Gasteiger partial charge in [-0.05, 0) is 52.3 Å². The first kappa shape index (κ1) is 19.1. The summed E-state index contributed by atoms with van der Waals surface area (Å²) in [7, 11) is 0.503. The summed E-state index contributed by atoms with van der Waals surface area (Å²) < 4.78 is 38.5. The third kappa shape index (κ3) is 4.23. The van der Waals surface area contributed by atoms with Crippen molar-refractivity contribution in [3.63, 3.8) is 0 Å². The minimum Gasteiger partial charge on any atom is -0.496 e. The summed E-state index contributed by atoms with van der Waals surface area (Å²) in [5.74, 6) is 0.470. The Morgan fingerprint density at radius 2 is 1.68 bits per heavy atom. The molecule has 7 nitrogen and oxygen atoms in total. The van der Waals surface area contributed by atoms with Gasteiger partial charge in [-0.3, -0.25) is 9.52 Å². The standard InChI is InChI=1S/C16H17BrN2O5S/c1-18-16(20)10-4-6-15(24-3)13(8-10)19-25(21,22)11-5-7-14(23-2)12(17)9-11/h4-9,19H,1-3H3,(H,18,20). The van der Waals surface area contributed by atoms with Crippen LogP contribution < -0.4 is 19.5 Å². The van der Waals surface area contributed by atoms with Crippen molar-refractivity contribution in [3.8, 4) is 11.5 Å². The molecule has 25 heavy (non-hydrogen) atoms. The molecule has 0 aliphatic heterocycles. The zero-order valence-corrected chi connectivity index (χ0v) is 16.2. The van der Waals surface area contributed by atoms with Crippen LogP contribution in [0.2, 0.25) is 0 Å². The van der Waals surface area contributed by atoms with E-state index in [1.165, 1.54) is 51.6 Å². The first-order chi connectivity index (χ1) is 11.8. The molecule has 2 N–H and O–H groups in total. The molecule has 0 atom stereocenters. The summed E-state index contributed by atoms with van der Waals surface area (Å²) in [6.07, 6.45) is 0. The molecule has 0 fully saturated rings. The van der Waals surface area contributed by atoms with Crippen molar-refractivity contribution in [3.05, 3.63) is 46.4 Å². The highest BCUT2D eigenvalue weighted by molar-refractivity contribution is 9.10. The maximum atomic E-state index is 12.6. The van der Waals surface area contributed by atoms with E-state index in [9.17, 15) is 13.2 Å². The monoisotopic (exact) mass is 428 g/mol. The average molecular weight is 429 g/mol. The van der Waals surface area contributed by atoms with Crippen LogP contribution in [-0.2, 0) is 10.0 Å². The Bertz CT molecular complexity index is 899. The van der Waals surface area contributed by atoms with Crippen LogP contribution in [0.4, 0.5) is 5.69 Å². The number of methoxy groups -OCH3 is 2. The van der Waals surface area contributed by atoms with Gasteiger partial charge in [-0.1, -0.05) is 0 Å². The fourth-order valence-electron chi connectivity index (χ4n) is 2.09. The quantitative estimate of drug-likeness (QED) is 0.737. The normalized spacial score (nSPS) is 10.9. The van der Waals surface area contributed by atoms with Gasteiger partial charge in [-0.15, -0.1) is 0 Å². The van der Waals surface area contributed by atoms with Crippen molar-refractivity contribution in [2.75, 3.05) is 26.0 Å². The largest absolute Gasteiger partial charge is 0.496 e. The van der Waals surface area contributed by atoms with Gasteiger partial charge in [0.15, 0.2) is 0 Å². The van der Waals surface area contributed by atoms with Crippen LogP contribution in [0.5, 0.6) is 11.5 Å². The molecule has 0 aliphatic rings. The number of ether oxygens (including phenoxy) is 2. The second-order valence-electron chi connectivity index (χ2n) is 4.90. The van der Waals surface area contributed by atoms with Crippen molar-refractivity contribution >= 4 is 37.5 Å². The SMILES string of the molecule is CNC(=O)c1ccc(OC)c(NS(=O)(=O)c2ccc(OC)c(Br)c2)c1. The molecule has 0 heterocycles. The molecule has 2 aromatic rings. The lowest BCUT2D eigenvalue weighted by atomic mass is 10.2. The molecule has 0 spiro atoms. The average Bonchev–Trinajstić information content (AvgIpc) is 2.60. The lowest BCUT2D eigenvalue weighted by molar-refractivity contribution is 0.0963. The van der Waals surface area contributed by atoms with E-state index in [0.717, 1.165) is 0 Å². The molecule has 0 bridgehead atoms. The van der Waals surface area contributed by atoms with Crippen LogP contribution in [0.15, 0.2) is 45.8 Å². The van der Waals surface area contributed by atoms with Gasteiger partial charge >= 0.3 is 0 Å². The molecule has 2 rings (SSSR count). The summed E-state index contributed by atoms with van der Waals surface area (Å²) >= 11 is 3.26. The number of halogens is 1. The molecule has 0 unspecified atom stereocenters. The van der Waals surface area contributed by atoms with Gasteiger partial charge in [-0.25, -0.2) is 8.42 Å². The number of sulfonamides is 1. The van der Waals surface area contributed by atoms with E-state index in [1.807, 2.05) is 0 Å². The number of hydrogen-bond acceptors (Lipinski definition) is 5. The minimum atomic E-state index is -3.89. The number of nitrogens with one attached hydrogen (secondary N) is 2. The molecule has 9 heteroatoms. The molecular weight excluding hydrogens is 412 g/mol. The van der Waals surface area contributed by atoms with E-state index in [4.69, 9.17) is 9.47 Å². The predicted octanol–water partition coefficient (Wildman–Crippen LogP) is 2.63. The van der Waals surface area contributed by atoms with Crippen LogP contribution in [-0.4, -0.2) is 35.6 Å². The first-order valence-electron chi connectivity index (χ1n) is 7.09. The second kappa shape index (κ2) is 7.75. The third-order valence-corrected chi connectivity index (χ3v) is 5.35. The zero-order chi connectivity index (χ0) is 18.6. The van der Waals surface area contributed by atoms with Gasteiger partial charge in [-0.2, -0.15) is 0 Å². The lowest BCUT2D eigenvalue weighted by Crippen LogP contribution is -2.19. The van der Waals surface area contributed by atoms with Crippen LogP contribution in [0.1, 0.15) is 10.4 Å². The molecule has 2 aromatic carbocycles. The fraction of sp³-hybridized carbons (Fsp3) is 0.188.